The van der Waals surface area contributed by atoms with Crippen LogP contribution in [0.25, 0.3) is 46.2 Å². The summed E-state index contributed by atoms with van der Waals surface area (Å²) in [6.45, 7) is 0. The predicted molar refractivity (Wildman–Crippen MR) is 260 cm³/mol. The molecule has 0 bridgehead atoms. The van der Waals surface area contributed by atoms with Crippen LogP contribution in [-0.4, -0.2) is 10.6 Å². The molecule has 0 saturated heterocycles. The zero-order chi connectivity index (χ0) is 42.6. The number of rotatable bonds is 5. The third-order valence-corrected chi connectivity index (χ3v) is 14.8. The highest BCUT2D eigenvalue weighted by Gasteiger charge is 2.59. The van der Waals surface area contributed by atoms with Crippen molar-refractivity contribution in [3.63, 3.8) is 0 Å². The molecule has 5 aliphatic carbocycles. The second-order valence-corrected chi connectivity index (χ2v) is 18.0. The van der Waals surface area contributed by atoms with Crippen molar-refractivity contribution in [3.8, 4) is 39.4 Å². The van der Waals surface area contributed by atoms with Crippen LogP contribution in [0.15, 0.2) is 194 Å². The number of para-hydroxylation sites is 3. The predicted octanol–water partition coefficient (Wildman–Crippen LogP) is 12.2. The van der Waals surface area contributed by atoms with Crippen LogP contribution in [-0.2, 0) is 11.8 Å². The fourth-order valence-electron chi connectivity index (χ4n) is 12.2. The molecule has 8 aromatic rings. The number of hydrogen-bond donors (Lipinski definition) is 0. The molecule has 4 unspecified atom stereocenters. The third kappa shape index (κ3) is 5.15. The van der Waals surface area contributed by atoms with Gasteiger partial charge in [-0.3, -0.25) is 0 Å². The zero-order valence-electron chi connectivity index (χ0n) is 35.6. The fourth-order valence-corrected chi connectivity index (χ4v) is 12.2. The highest BCUT2D eigenvalue weighted by Crippen LogP contribution is 2.66. The van der Waals surface area contributed by atoms with Crippen molar-refractivity contribution in [3.05, 3.63) is 250 Å². The van der Waals surface area contributed by atoms with E-state index in [0.29, 0.717) is 11.5 Å². The van der Waals surface area contributed by atoms with Crippen LogP contribution in [0, 0.1) is 18.1 Å². The smallest absolute Gasteiger partial charge is 0.193 e. The van der Waals surface area contributed by atoms with Crippen LogP contribution >= 0.6 is 0 Å². The van der Waals surface area contributed by atoms with Gasteiger partial charge in [0, 0.05) is 40.0 Å². The highest BCUT2D eigenvalue weighted by atomic mass is 16.6. The van der Waals surface area contributed by atoms with E-state index in [1.54, 1.807) is 0 Å². The molecular formula is C61H42N2O2. The summed E-state index contributed by atoms with van der Waals surface area (Å²) >= 11 is 0. The van der Waals surface area contributed by atoms with Crippen molar-refractivity contribution in [2.75, 3.05) is 4.90 Å². The first-order chi connectivity index (χ1) is 32.3. The van der Waals surface area contributed by atoms with Crippen molar-refractivity contribution in [1.82, 2.24) is 4.57 Å². The molecule has 0 N–H and O–H groups in total. The Morgan fingerprint density at radius 1 is 0.646 bits per heavy atom. The third-order valence-electron chi connectivity index (χ3n) is 14.8. The van der Waals surface area contributed by atoms with Crippen molar-refractivity contribution in [1.29, 1.82) is 0 Å². The Balaban J connectivity index is 0.961. The number of benzene rings is 6. The van der Waals surface area contributed by atoms with Gasteiger partial charge in [0.1, 0.15) is 0 Å². The largest absolute Gasteiger partial charge is 0.450 e. The maximum absolute atomic E-state index is 7.39. The minimum atomic E-state index is -0.462. The second kappa shape index (κ2) is 14.0. The number of ether oxygens (including phenoxy) is 2. The van der Waals surface area contributed by atoms with E-state index in [-0.39, 0.29) is 17.9 Å². The number of anilines is 2. The minimum Gasteiger partial charge on any atom is -0.450 e. The molecule has 0 amide bonds. The molecule has 6 aliphatic rings. The summed E-state index contributed by atoms with van der Waals surface area (Å²) in [5.41, 5.74) is 15.4. The van der Waals surface area contributed by atoms with E-state index in [1.807, 2.05) is 6.07 Å². The summed E-state index contributed by atoms with van der Waals surface area (Å²) in [7, 11) is 0. The molecule has 1 spiro atoms. The molecule has 2 heterocycles. The summed E-state index contributed by atoms with van der Waals surface area (Å²) in [5, 5.41) is 2.58. The lowest BCUT2D eigenvalue weighted by molar-refractivity contribution is 0.276. The Morgan fingerprint density at radius 2 is 1.40 bits per heavy atom. The van der Waals surface area contributed by atoms with Gasteiger partial charge in [-0.2, -0.15) is 0 Å². The van der Waals surface area contributed by atoms with Gasteiger partial charge >= 0.3 is 0 Å². The average molecular weight is 835 g/mol. The summed E-state index contributed by atoms with van der Waals surface area (Å²) in [6, 6.07) is 65.8. The number of hydrogen-bond acceptors (Lipinski definition) is 3. The molecule has 0 fully saturated rings. The Morgan fingerprint density at radius 3 is 2.29 bits per heavy atom. The lowest BCUT2D eigenvalue weighted by Gasteiger charge is -2.39. The Hall–Kier alpha value is -8.00. The summed E-state index contributed by atoms with van der Waals surface area (Å²) in [5.74, 6) is 3.03. The summed E-state index contributed by atoms with van der Waals surface area (Å²) in [6.07, 6.45) is 17.2. The topological polar surface area (TPSA) is 26.6 Å². The molecule has 1 aliphatic heterocycles. The monoisotopic (exact) mass is 834 g/mol. The maximum atomic E-state index is 7.39. The number of fused-ring (bicyclic) bond motifs is 15. The molecule has 4 atom stereocenters. The van der Waals surface area contributed by atoms with Crippen LogP contribution in [0.1, 0.15) is 52.3 Å². The molecule has 1 aromatic heterocycles. The zero-order valence-corrected chi connectivity index (χ0v) is 35.6. The van der Waals surface area contributed by atoms with Crippen molar-refractivity contribution < 1.29 is 9.47 Å². The van der Waals surface area contributed by atoms with E-state index >= 15 is 0 Å². The summed E-state index contributed by atoms with van der Waals surface area (Å²) in [4.78, 5) is 2.50. The Bertz CT molecular complexity index is 3460. The van der Waals surface area contributed by atoms with Crippen LogP contribution in [0.5, 0.6) is 11.5 Å². The van der Waals surface area contributed by atoms with Crippen LogP contribution in [0.4, 0.5) is 11.4 Å². The van der Waals surface area contributed by atoms with Gasteiger partial charge < -0.3 is 18.9 Å². The molecule has 65 heavy (non-hydrogen) atoms. The lowest BCUT2D eigenvalue weighted by atomic mass is 9.65. The molecule has 14 rings (SSSR count). The molecule has 4 heteroatoms. The van der Waals surface area contributed by atoms with Crippen LogP contribution < -0.4 is 24.9 Å². The van der Waals surface area contributed by atoms with E-state index in [4.69, 9.17) is 9.47 Å². The van der Waals surface area contributed by atoms with E-state index in [0.717, 1.165) is 53.3 Å². The van der Waals surface area contributed by atoms with Gasteiger partial charge in [-0.25, -0.2) is 0 Å². The van der Waals surface area contributed by atoms with Crippen LogP contribution in [0.3, 0.4) is 0 Å². The van der Waals surface area contributed by atoms with E-state index in [9.17, 15) is 0 Å². The number of aromatic nitrogens is 1. The average Bonchev–Trinajstić information content (AvgIpc) is 3.97. The van der Waals surface area contributed by atoms with Crippen molar-refractivity contribution >= 4 is 29.6 Å². The van der Waals surface area contributed by atoms with Crippen molar-refractivity contribution in [2.45, 2.75) is 36.6 Å². The van der Waals surface area contributed by atoms with Gasteiger partial charge in [0.15, 0.2) is 23.0 Å². The Kier molecular flexibility index (Phi) is 7.86. The first kappa shape index (κ1) is 36.5. The van der Waals surface area contributed by atoms with Gasteiger partial charge in [0.2, 0.25) is 0 Å². The van der Waals surface area contributed by atoms with E-state index in [2.05, 4.69) is 216 Å². The first-order valence-corrected chi connectivity index (χ1v) is 22.9. The standard InChI is InChI=1S/C61H42N2O2/c1-3-18-39(19-4-1)42-22-10-15-30-53(42)63(41-34-35-47-46-26-11-16-31-54(46)62(56(47)36-41)40-20-5-2-6-21-40)55-32-17-33-57-60(55)65-59-38-52-48(37-58(59)64-57)45-25-9-14-29-51(45)61(52)49-27-12-7-23-43(49)44-24-8-13-28-50(44)61/h1-10,12,14-25,27,29-33,35-38,41,48,52H,11,26,34H2. The second-order valence-electron chi connectivity index (χ2n) is 18.0. The fraction of sp³-hybridized carbons (Fsp3) is 0.115. The van der Waals surface area contributed by atoms with E-state index < -0.39 is 5.41 Å². The number of nitrogens with zero attached hydrogens (tertiary/aromatic N) is 2. The SMILES string of the molecule is c1ccc2c(c#1)C1(c3ccccc3-2)c2ccccc2C2C=C3Oc4cccc(N(c5ccccc5-c5ccccc5)C5C=c6c(c7c(n6-c6ccccc6)C=CCC7)=CC5)c4OC3=CC21. The number of allylic oxidation sites excluding steroid dienone is 3. The quantitative estimate of drug-likeness (QED) is 0.173. The van der Waals surface area contributed by atoms with Gasteiger partial charge in [0.05, 0.1) is 22.5 Å². The molecular weight excluding hydrogens is 793 g/mol. The molecule has 0 saturated carbocycles. The lowest BCUT2D eigenvalue weighted by Crippen LogP contribution is -2.40. The molecule has 4 nitrogen and oxygen atoms in total. The molecule has 7 aromatic carbocycles. The van der Waals surface area contributed by atoms with Crippen LogP contribution in [0.2, 0.25) is 0 Å². The first-order valence-electron chi connectivity index (χ1n) is 22.9. The normalized spacial score (nSPS) is 19.4. The minimum absolute atomic E-state index is 0.0193. The van der Waals surface area contributed by atoms with Gasteiger partial charge in [-0.05, 0) is 130 Å². The Labute approximate surface area is 378 Å². The van der Waals surface area contributed by atoms with Crippen molar-refractivity contribution in [2.24, 2.45) is 5.92 Å². The highest BCUT2D eigenvalue weighted by molar-refractivity contribution is 5.88. The molecule has 0 radical (unpaired) electrons. The van der Waals surface area contributed by atoms with Gasteiger partial charge in [-0.15, -0.1) is 0 Å². The molecule has 308 valence electrons. The van der Waals surface area contributed by atoms with E-state index in [1.165, 1.54) is 60.9 Å². The summed E-state index contributed by atoms with van der Waals surface area (Å²) < 4.78 is 16.9. The van der Waals surface area contributed by atoms with Gasteiger partial charge in [0.25, 0.3) is 0 Å². The van der Waals surface area contributed by atoms with Gasteiger partial charge in [-0.1, -0.05) is 146 Å². The maximum Gasteiger partial charge on any atom is 0.193 e.